The molecule has 3 aromatic rings. The summed E-state index contributed by atoms with van der Waals surface area (Å²) >= 11 is 6.10. The van der Waals surface area contributed by atoms with Crippen molar-refractivity contribution in [3.8, 4) is 11.5 Å². The number of carbonyl (C=O) groups is 2. The maximum Gasteiger partial charge on any atom is 0.333 e. The van der Waals surface area contributed by atoms with Crippen molar-refractivity contribution in [3.63, 3.8) is 0 Å². The molecule has 3 rings (SSSR count). The van der Waals surface area contributed by atoms with Gasteiger partial charge in [-0.3, -0.25) is 4.79 Å². The summed E-state index contributed by atoms with van der Waals surface area (Å²) < 4.78 is 16.4. The molecule has 7 heteroatoms. The molecule has 0 aliphatic rings. The zero-order valence-electron chi connectivity index (χ0n) is 18.2. The fourth-order valence-electron chi connectivity index (χ4n) is 3.15. The Morgan fingerprint density at radius 3 is 2.00 bits per heavy atom. The Balaban J connectivity index is 1.40. The van der Waals surface area contributed by atoms with Crippen LogP contribution in [0.25, 0.3) is 0 Å². The van der Waals surface area contributed by atoms with E-state index in [1.165, 1.54) is 7.11 Å². The van der Waals surface area contributed by atoms with Gasteiger partial charge in [-0.25, -0.2) is 4.79 Å². The minimum Gasteiger partial charge on any atom is -0.493 e. The molecular formula is C26H25ClO6. The van der Waals surface area contributed by atoms with Gasteiger partial charge in [0, 0.05) is 31.1 Å². The second-order valence-corrected chi connectivity index (χ2v) is 7.70. The number of carboxylic acid groups (broad SMARTS) is 1. The summed E-state index contributed by atoms with van der Waals surface area (Å²) in [5.74, 6) is 0.249. The Morgan fingerprint density at radius 1 is 0.879 bits per heavy atom. The number of hydrogen-bond acceptors (Lipinski definition) is 5. The number of methoxy groups -OCH3 is 1. The third-order valence-electron chi connectivity index (χ3n) is 4.97. The van der Waals surface area contributed by atoms with Crippen molar-refractivity contribution in [2.75, 3.05) is 20.3 Å². The molecule has 0 amide bonds. The van der Waals surface area contributed by atoms with Crippen molar-refractivity contribution in [1.82, 2.24) is 0 Å². The number of rotatable bonds is 12. The van der Waals surface area contributed by atoms with Crippen LogP contribution < -0.4 is 9.47 Å². The SMILES string of the molecule is CO[C@@H](Cc1ccc(OCCCOc2ccc(C(=O)c3ccccc3Cl)cc2)cc1)C(=O)O. The van der Waals surface area contributed by atoms with E-state index < -0.39 is 12.1 Å². The Morgan fingerprint density at radius 2 is 1.45 bits per heavy atom. The minimum atomic E-state index is -0.986. The van der Waals surface area contributed by atoms with Gasteiger partial charge in [0.2, 0.25) is 0 Å². The number of ether oxygens (including phenoxy) is 3. The number of aliphatic carboxylic acids is 1. The van der Waals surface area contributed by atoms with Gasteiger partial charge in [0.05, 0.1) is 18.2 Å². The highest BCUT2D eigenvalue weighted by Gasteiger charge is 2.16. The van der Waals surface area contributed by atoms with Crippen LogP contribution in [0.5, 0.6) is 11.5 Å². The molecule has 0 spiro atoms. The van der Waals surface area contributed by atoms with Crippen LogP contribution in [-0.2, 0) is 16.0 Å². The highest BCUT2D eigenvalue weighted by atomic mass is 35.5. The van der Waals surface area contributed by atoms with E-state index >= 15 is 0 Å². The van der Waals surface area contributed by atoms with Crippen LogP contribution in [0.3, 0.4) is 0 Å². The lowest BCUT2D eigenvalue weighted by atomic mass is 10.0. The smallest absolute Gasteiger partial charge is 0.333 e. The number of benzene rings is 3. The number of halogens is 1. The summed E-state index contributed by atoms with van der Waals surface area (Å²) in [6, 6.07) is 21.2. The fraction of sp³-hybridized carbons (Fsp3) is 0.231. The molecule has 1 N–H and O–H groups in total. The second kappa shape index (κ2) is 12.0. The van der Waals surface area contributed by atoms with Crippen LogP contribution in [0.2, 0.25) is 5.02 Å². The molecule has 6 nitrogen and oxygen atoms in total. The molecule has 0 fully saturated rings. The highest BCUT2D eigenvalue weighted by molar-refractivity contribution is 6.34. The molecule has 0 radical (unpaired) electrons. The zero-order valence-corrected chi connectivity index (χ0v) is 19.0. The van der Waals surface area contributed by atoms with Crippen molar-refractivity contribution < 1.29 is 28.9 Å². The van der Waals surface area contributed by atoms with E-state index in [9.17, 15) is 9.59 Å². The van der Waals surface area contributed by atoms with Gasteiger partial charge in [0.25, 0.3) is 0 Å². The average Bonchev–Trinajstić information content (AvgIpc) is 2.83. The Bertz CT molecular complexity index is 1060. The molecule has 172 valence electrons. The molecule has 0 saturated carbocycles. The number of carbonyl (C=O) groups excluding carboxylic acids is 1. The molecule has 0 unspecified atom stereocenters. The molecule has 0 saturated heterocycles. The van der Waals surface area contributed by atoms with Crippen molar-refractivity contribution in [1.29, 1.82) is 0 Å². The maximum atomic E-state index is 12.6. The van der Waals surface area contributed by atoms with Crippen LogP contribution in [0.15, 0.2) is 72.8 Å². The van der Waals surface area contributed by atoms with Crippen molar-refractivity contribution in [3.05, 3.63) is 94.5 Å². The van der Waals surface area contributed by atoms with E-state index in [4.69, 9.17) is 30.9 Å². The minimum absolute atomic E-state index is 0.132. The molecule has 33 heavy (non-hydrogen) atoms. The molecule has 0 aliphatic heterocycles. The van der Waals surface area contributed by atoms with E-state index in [1.807, 2.05) is 12.1 Å². The predicted octanol–water partition coefficient (Wildman–Crippen LogP) is 5.06. The van der Waals surface area contributed by atoms with Crippen LogP contribution in [-0.4, -0.2) is 43.3 Å². The molecule has 0 aromatic heterocycles. The summed E-state index contributed by atoms with van der Waals surface area (Å²) in [5.41, 5.74) is 1.87. The summed E-state index contributed by atoms with van der Waals surface area (Å²) in [5, 5.41) is 9.48. The quantitative estimate of drug-likeness (QED) is 0.295. The Labute approximate surface area is 197 Å². The zero-order chi connectivity index (χ0) is 23.6. The van der Waals surface area contributed by atoms with E-state index in [0.29, 0.717) is 53.7 Å². The summed E-state index contributed by atoms with van der Waals surface area (Å²) in [4.78, 5) is 23.6. The molecule has 0 aliphatic carbocycles. The largest absolute Gasteiger partial charge is 0.493 e. The van der Waals surface area contributed by atoms with Gasteiger partial charge in [-0.15, -0.1) is 0 Å². The summed E-state index contributed by atoms with van der Waals surface area (Å²) in [6.07, 6.45) is 0.104. The Hall–Kier alpha value is -3.35. The fourth-order valence-corrected chi connectivity index (χ4v) is 3.37. The molecule has 0 heterocycles. The first-order valence-electron chi connectivity index (χ1n) is 10.5. The molecule has 3 aromatic carbocycles. The molecule has 1 atom stereocenters. The first-order valence-corrected chi connectivity index (χ1v) is 10.8. The molecule has 0 bridgehead atoms. The predicted molar refractivity (Wildman–Crippen MR) is 126 cm³/mol. The normalized spacial score (nSPS) is 11.6. The number of carboxylic acids is 1. The maximum absolute atomic E-state index is 12.6. The summed E-state index contributed by atoms with van der Waals surface area (Å²) in [6.45, 7) is 0.933. The van der Waals surface area contributed by atoms with Gasteiger partial charge < -0.3 is 19.3 Å². The monoisotopic (exact) mass is 468 g/mol. The van der Waals surface area contributed by atoms with E-state index in [-0.39, 0.29) is 5.78 Å². The lowest BCUT2D eigenvalue weighted by Crippen LogP contribution is -2.24. The lowest BCUT2D eigenvalue weighted by molar-refractivity contribution is -0.148. The number of ketones is 1. The van der Waals surface area contributed by atoms with Crippen LogP contribution >= 0.6 is 11.6 Å². The van der Waals surface area contributed by atoms with Gasteiger partial charge in [-0.1, -0.05) is 35.9 Å². The topological polar surface area (TPSA) is 82.1 Å². The first kappa shape index (κ1) is 24.3. The van der Waals surface area contributed by atoms with Gasteiger partial charge >= 0.3 is 5.97 Å². The van der Waals surface area contributed by atoms with Crippen LogP contribution in [0.1, 0.15) is 27.9 Å². The third kappa shape index (κ3) is 7.07. The van der Waals surface area contributed by atoms with E-state index in [0.717, 1.165) is 5.56 Å². The third-order valence-corrected chi connectivity index (χ3v) is 5.30. The van der Waals surface area contributed by atoms with Gasteiger partial charge in [-0.2, -0.15) is 0 Å². The average molecular weight is 469 g/mol. The standard InChI is InChI=1S/C26H25ClO6/c1-31-24(26(29)30)17-18-7-11-20(12-8-18)32-15-4-16-33-21-13-9-19(10-14-21)25(28)22-5-2-3-6-23(22)27/h2-3,5-14,24H,4,15-17H2,1H3,(H,29,30)/t24-/m0/s1. The van der Waals surface area contributed by atoms with E-state index in [1.54, 1.807) is 60.7 Å². The number of hydrogen-bond donors (Lipinski definition) is 1. The van der Waals surface area contributed by atoms with Gasteiger partial charge in [-0.05, 0) is 54.1 Å². The van der Waals surface area contributed by atoms with Gasteiger partial charge in [0.15, 0.2) is 11.9 Å². The Kier molecular flexibility index (Phi) is 8.87. The molecular weight excluding hydrogens is 444 g/mol. The van der Waals surface area contributed by atoms with Crippen LogP contribution in [0.4, 0.5) is 0 Å². The lowest BCUT2D eigenvalue weighted by Gasteiger charge is -2.11. The van der Waals surface area contributed by atoms with Crippen molar-refractivity contribution in [2.24, 2.45) is 0 Å². The van der Waals surface area contributed by atoms with Crippen molar-refractivity contribution in [2.45, 2.75) is 18.9 Å². The van der Waals surface area contributed by atoms with Crippen molar-refractivity contribution >= 4 is 23.4 Å². The summed E-state index contributed by atoms with van der Waals surface area (Å²) in [7, 11) is 1.38. The second-order valence-electron chi connectivity index (χ2n) is 7.29. The highest BCUT2D eigenvalue weighted by Crippen LogP contribution is 2.21. The van der Waals surface area contributed by atoms with E-state index in [2.05, 4.69) is 0 Å². The van der Waals surface area contributed by atoms with Gasteiger partial charge in [0.1, 0.15) is 11.5 Å². The first-order chi connectivity index (χ1) is 16.0. The van der Waals surface area contributed by atoms with Crippen LogP contribution in [0, 0.1) is 0 Å².